The Morgan fingerprint density at radius 2 is 2.56 bits per heavy atom. The largest absolute Gasteiger partial charge is 0.375 e. The lowest BCUT2D eigenvalue weighted by molar-refractivity contribution is 0.103. The van der Waals surface area contributed by atoms with E-state index >= 15 is 0 Å². The minimum Gasteiger partial charge on any atom is -0.375 e. The third kappa shape index (κ3) is 2.80. The van der Waals surface area contributed by atoms with Crippen LogP contribution in [0.1, 0.15) is 11.7 Å². The van der Waals surface area contributed by atoms with Crippen molar-refractivity contribution >= 4 is 23.4 Å². The molecule has 98 valence electrons. The van der Waals surface area contributed by atoms with Crippen LogP contribution >= 0.6 is 11.3 Å². The minimum absolute atomic E-state index is 0.189. The summed E-state index contributed by atoms with van der Waals surface area (Å²) in [5.41, 5.74) is 1.02. The van der Waals surface area contributed by atoms with Gasteiger partial charge >= 0.3 is 12.1 Å². The maximum atomic E-state index is 11.7. The summed E-state index contributed by atoms with van der Waals surface area (Å²) in [5.74, 6) is 0. The van der Waals surface area contributed by atoms with Crippen LogP contribution in [0.15, 0.2) is 16.8 Å². The normalized spacial score (nSPS) is 16.5. The highest BCUT2D eigenvalue weighted by Crippen LogP contribution is 2.18. The molecule has 2 heterocycles. The Morgan fingerprint density at radius 1 is 1.72 bits per heavy atom. The van der Waals surface area contributed by atoms with Crippen LogP contribution in [0.25, 0.3) is 0 Å². The maximum Gasteiger partial charge on any atom is 0.325 e. The van der Waals surface area contributed by atoms with Crippen LogP contribution < -0.4 is 10.6 Å². The molecule has 1 aromatic rings. The number of nitrogens with one attached hydrogen (secondary N) is 2. The zero-order valence-electron chi connectivity index (χ0n) is 10.0. The lowest BCUT2D eigenvalue weighted by Gasteiger charge is -2.18. The van der Waals surface area contributed by atoms with Gasteiger partial charge in [0, 0.05) is 26.7 Å². The van der Waals surface area contributed by atoms with E-state index in [0.29, 0.717) is 19.6 Å². The van der Waals surface area contributed by atoms with Gasteiger partial charge in [-0.15, -0.1) is 0 Å². The van der Waals surface area contributed by atoms with Crippen molar-refractivity contribution in [2.24, 2.45) is 0 Å². The summed E-state index contributed by atoms with van der Waals surface area (Å²) in [6.45, 7) is 1.25. The number of ether oxygens (including phenoxy) is 1. The quantitative estimate of drug-likeness (QED) is 0.862. The van der Waals surface area contributed by atoms with Crippen LogP contribution in [0.3, 0.4) is 0 Å². The van der Waals surface area contributed by atoms with Gasteiger partial charge in [0.2, 0.25) is 0 Å². The summed E-state index contributed by atoms with van der Waals surface area (Å²) in [6.07, 6.45) is -0.189. The molecule has 0 aromatic carbocycles. The third-order valence-corrected chi connectivity index (χ3v) is 3.44. The van der Waals surface area contributed by atoms with Crippen LogP contribution in [-0.2, 0) is 4.74 Å². The summed E-state index contributed by atoms with van der Waals surface area (Å²) in [4.78, 5) is 24.2. The van der Waals surface area contributed by atoms with E-state index in [9.17, 15) is 9.59 Å². The van der Waals surface area contributed by atoms with Crippen molar-refractivity contribution in [3.05, 3.63) is 22.4 Å². The van der Waals surface area contributed by atoms with Crippen molar-refractivity contribution in [2.75, 3.05) is 26.7 Å². The molecule has 4 amide bonds. The Labute approximate surface area is 109 Å². The van der Waals surface area contributed by atoms with Crippen LogP contribution in [-0.4, -0.2) is 43.7 Å². The van der Waals surface area contributed by atoms with Gasteiger partial charge in [0.05, 0.1) is 0 Å². The maximum absolute atomic E-state index is 11.7. The van der Waals surface area contributed by atoms with Gasteiger partial charge in [0.1, 0.15) is 6.10 Å². The second kappa shape index (κ2) is 5.83. The van der Waals surface area contributed by atoms with Gasteiger partial charge in [-0.05, 0) is 22.4 Å². The molecule has 0 saturated carbocycles. The third-order valence-electron chi connectivity index (χ3n) is 2.74. The number of imide groups is 1. The highest BCUT2D eigenvalue weighted by Gasteiger charge is 2.26. The highest BCUT2D eigenvalue weighted by molar-refractivity contribution is 7.07. The molecule has 1 aromatic heterocycles. The molecule has 0 unspecified atom stereocenters. The number of nitrogens with zero attached hydrogens (tertiary/aromatic N) is 1. The van der Waals surface area contributed by atoms with E-state index in [1.165, 1.54) is 0 Å². The number of thiophene rings is 1. The fraction of sp³-hybridized carbons (Fsp3) is 0.455. The van der Waals surface area contributed by atoms with Crippen LogP contribution in [0, 0.1) is 0 Å². The van der Waals surface area contributed by atoms with Crippen molar-refractivity contribution in [3.63, 3.8) is 0 Å². The Balaban J connectivity index is 1.86. The monoisotopic (exact) mass is 269 g/mol. The SMILES string of the molecule is CO[C@@H](CNC(=O)N1CCNC1=O)c1ccsc1. The molecule has 7 heteroatoms. The molecule has 2 N–H and O–H groups in total. The molecule has 1 atom stereocenters. The van der Waals surface area contributed by atoms with Gasteiger partial charge in [-0.3, -0.25) is 0 Å². The summed E-state index contributed by atoms with van der Waals surface area (Å²) < 4.78 is 5.31. The molecule has 1 aliphatic heterocycles. The molecular weight excluding hydrogens is 254 g/mol. The number of amides is 4. The van der Waals surface area contributed by atoms with Crippen LogP contribution in [0.5, 0.6) is 0 Å². The Bertz CT molecular complexity index is 421. The molecule has 1 saturated heterocycles. The predicted molar refractivity (Wildman–Crippen MR) is 67.6 cm³/mol. The zero-order valence-corrected chi connectivity index (χ0v) is 10.8. The van der Waals surface area contributed by atoms with E-state index in [1.54, 1.807) is 18.4 Å². The number of carbonyl (C=O) groups is 2. The zero-order chi connectivity index (χ0) is 13.0. The molecule has 0 bridgehead atoms. The first-order chi connectivity index (χ1) is 8.72. The fourth-order valence-corrected chi connectivity index (χ4v) is 2.44. The van der Waals surface area contributed by atoms with E-state index < -0.39 is 0 Å². The average molecular weight is 269 g/mol. The summed E-state index contributed by atoms with van der Waals surface area (Å²) >= 11 is 1.58. The van der Waals surface area contributed by atoms with Gasteiger partial charge < -0.3 is 15.4 Å². The van der Waals surface area contributed by atoms with Gasteiger partial charge in [0.15, 0.2) is 0 Å². The lowest BCUT2D eigenvalue weighted by atomic mass is 10.2. The van der Waals surface area contributed by atoms with E-state index in [2.05, 4.69) is 10.6 Å². The summed E-state index contributed by atoms with van der Waals surface area (Å²) in [5, 5.41) is 9.21. The number of urea groups is 2. The Hall–Kier alpha value is -1.60. The standard InChI is InChI=1S/C11H15N3O3S/c1-17-9(8-2-5-18-7-8)6-13-11(16)14-4-3-12-10(14)15/h2,5,7,9H,3-4,6H2,1H3,(H,12,15)(H,13,16)/t9-/m0/s1. The molecule has 18 heavy (non-hydrogen) atoms. The summed E-state index contributed by atoms with van der Waals surface area (Å²) in [7, 11) is 1.59. The first-order valence-electron chi connectivity index (χ1n) is 5.60. The van der Waals surface area contributed by atoms with Gasteiger partial charge in [-0.1, -0.05) is 0 Å². The average Bonchev–Trinajstić information content (AvgIpc) is 3.01. The van der Waals surface area contributed by atoms with E-state index in [0.717, 1.165) is 10.5 Å². The highest BCUT2D eigenvalue weighted by atomic mass is 32.1. The van der Waals surface area contributed by atoms with Crippen LogP contribution in [0.2, 0.25) is 0 Å². The fourth-order valence-electron chi connectivity index (χ4n) is 1.74. The summed E-state index contributed by atoms with van der Waals surface area (Å²) in [6, 6.07) is 1.22. The van der Waals surface area contributed by atoms with Crippen molar-refractivity contribution in [2.45, 2.75) is 6.10 Å². The van der Waals surface area contributed by atoms with E-state index in [-0.39, 0.29) is 18.2 Å². The molecule has 0 aliphatic carbocycles. The Kier molecular flexibility index (Phi) is 4.16. The van der Waals surface area contributed by atoms with Crippen molar-refractivity contribution in [1.82, 2.24) is 15.5 Å². The molecule has 1 fully saturated rings. The molecule has 2 rings (SSSR count). The molecular formula is C11H15N3O3S. The first kappa shape index (κ1) is 12.8. The predicted octanol–water partition coefficient (Wildman–Crippen LogP) is 1.17. The number of carbonyl (C=O) groups excluding carboxylic acids is 2. The second-order valence-corrected chi connectivity index (χ2v) is 4.63. The number of hydrogen-bond acceptors (Lipinski definition) is 4. The van der Waals surface area contributed by atoms with E-state index in [4.69, 9.17) is 4.74 Å². The minimum atomic E-state index is -0.387. The molecule has 6 nitrogen and oxygen atoms in total. The van der Waals surface area contributed by atoms with Crippen LogP contribution in [0.4, 0.5) is 9.59 Å². The van der Waals surface area contributed by atoms with Gasteiger partial charge in [-0.25, -0.2) is 14.5 Å². The number of rotatable bonds is 4. The van der Waals surface area contributed by atoms with Crippen molar-refractivity contribution < 1.29 is 14.3 Å². The molecule has 0 radical (unpaired) electrons. The smallest absolute Gasteiger partial charge is 0.325 e. The van der Waals surface area contributed by atoms with Crippen molar-refractivity contribution in [1.29, 1.82) is 0 Å². The molecule has 1 aliphatic rings. The Morgan fingerprint density at radius 3 is 3.11 bits per heavy atom. The first-order valence-corrected chi connectivity index (χ1v) is 6.54. The van der Waals surface area contributed by atoms with Crippen molar-refractivity contribution in [3.8, 4) is 0 Å². The molecule has 0 spiro atoms. The number of hydrogen-bond donors (Lipinski definition) is 2. The number of methoxy groups -OCH3 is 1. The second-order valence-electron chi connectivity index (χ2n) is 3.85. The van der Waals surface area contributed by atoms with Gasteiger partial charge in [0.25, 0.3) is 0 Å². The van der Waals surface area contributed by atoms with Gasteiger partial charge in [-0.2, -0.15) is 11.3 Å². The topological polar surface area (TPSA) is 70.7 Å². The van der Waals surface area contributed by atoms with E-state index in [1.807, 2.05) is 16.8 Å². The lowest BCUT2D eigenvalue weighted by Crippen LogP contribution is -2.43.